The molecule has 0 unspecified atom stereocenters. The predicted molar refractivity (Wildman–Crippen MR) is 139 cm³/mol. The maximum Gasteiger partial charge on any atom is 0.407 e. The number of hydrogen-bond donors (Lipinski definition) is 1. The predicted octanol–water partition coefficient (Wildman–Crippen LogP) is 4.37. The Morgan fingerprint density at radius 2 is 1.92 bits per heavy atom. The van der Waals surface area contributed by atoms with Crippen molar-refractivity contribution in [3.05, 3.63) is 83.8 Å². The number of methoxy groups -OCH3 is 1. The van der Waals surface area contributed by atoms with E-state index in [9.17, 15) is 19.1 Å². The zero-order chi connectivity index (χ0) is 26.4. The fraction of sp³-hybridized carbons (Fsp3) is 0.321. The van der Waals surface area contributed by atoms with E-state index < -0.39 is 6.09 Å². The van der Waals surface area contributed by atoms with Gasteiger partial charge in [-0.1, -0.05) is 24.3 Å². The Kier molecular flexibility index (Phi) is 8.47. The van der Waals surface area contributed by atoms with Crippen molar-refractivity contribution >= 4 is 17.7 Å². The van der Waals surface area contributed by atoms with Crippen LogP contribution in [0.3, 0.4) is 0 Å². The van der Waals surface area contributed by atoms with Gasteiger partial charge in [-0.05, 0) is 48.9 Å². The molecule has 3 aromatic rings. The lowest BCUT2D eigenvalue weighted by Crippen LogP contribution is -2.53. The molecule has 0 bridgehead atoms. The molecular weight excluding hydrogens is 475 g/mol. The molecular formula is C28H31FN4O4. The second kappa shape index (κ2) is 11.9. The summed E-state index contributed by atoms with van der Waals surface area (Å²) in [4.78, 5) is 34.4. The number of ether oxygens (including phenoxy) is 1. The molecule has 0 saturated carbocycles. The fourth-order valence-corrected chi connectivity index (χ4v) is 4.53. The molecule has 1 atom stereocenters. The van der Waals surface area contributed by atoms with Gasteiger partial charge < -0.3 is 19.6 Å². The van der Waals surface area contributed by atoms with Crippen molar-refractivity contribution in [3.8, 4) is 11.3 Å². The SMILES string of the molecule is COCCN(C(=O)c1ccc(-c2cccc(F)c2)nc1)c1ccc(CN2CCN(C(=O)O)[C@@H](C)C2)cc1. The lowest BCUT2D eigenvalue weighted by atomic mass is 10.1. The van der Waals surface area contributed by atoms with Gasteiger partial charge in [0.25, 0.3) is 5.91 Å². The third-order valence-electron chi connectivity index (χ3n) is 6.51. The summed E-state index contributed by atoms with van der Waals surface area (Å²) < 4.78 is 18.8. The summed E-state index contributed by atoms with van der Waals surface area (Å²) in [5, 5.41) is 9.28. The molecule has 1 aliphatic heterocycles. The van der Waals surface area contributed by atoms with Gasteiger partial charge in [0.05, 0.1) is 17.9 Å². The molecule has 1 aliphatic rings. The minimum Gasteiger partial charge on any atom is -0.465 e. The lowest BCUT2D eigenvalue weighted by Gasteiger charge is -2.38. The molecule has 1 aromatic heterocycles. The highest BCUT2D eigenvalue weighted by molar-refractivity contribution is 6.06. The molecule has 37 heavy (non-hydrogen) atoms. The van der Waals surface area contributed by atoms with Crippen molar-refractivity contribution in [3.63, 3.8) is 0 Å². The molecule has 0 aliphatic carbocycles. The van der Waals surface area contributed by atoms with Crippen LogP contribution in [0, 0.1) is 5.82 Å². The van der Waals surface area contributed by atoms with Gasteiger partial charge in [-0.15, -0.1) is 0 Å². The molecule has 4 rings (SSSR count). The molecule has 1 fully saturated rings. The molecule has 2 aromatic carbocycles. The number of amides is 2. The van der Waals surface area contributed by atoms with Crippen LogP contribution in [0.25, 0.3) is 11.3 Å². The van der Waals surface area contributed by atoms with E-state index >= 15 is 0 Å². The molecule has 0 spiro atoms. The number of carbonyl (C=O) groups excluding carboxylic acids is 1. The van der Waals surface area contributed by atoms with Crippen molar-refractivity contribution < 1.29 is 23.8 Å². The second-order valence-electron chi connectivity index (χ2n) is 9.12. The van der Waals surface area contributed by atoms with Crippen molar-refractivity contribution in [2.45, 2.75) is 19.5 Å². The summed E-state index contributed by atoms with van der Waals surface area (Å²) in [6.45, 7) is 5.20. The van der Waals surface area contributed by atoms with E-state index in [1.54, 1.807) is 36.3 Å². The van der Waals surface area contributed by atoms with Gasteiger partial charge in [-0.3, -0.25) is 14.7 Å². The van der Waals surface area contributed by atoms with Crippen LogP contribution in [0.1, 0.15) is 22.8 Å². The highest BCUT2D eigenvalue weighted by atomic mass is 19.1. The number of benzene rings is 2. The van der Waals surface area contributed by atoms with E-state index in [0.29, 0.717) is 56.2 Å². The number of carbonyl (C=O) groups is 2. The molecule has 9 heteroatoms. The molecule has 1 N–H and O–H groups in total. The van der Waals surface area contributed by atoms with Gasteiger partial charge >= 0.3 is 6.09 Å². The van der Waals surface area contributed by atoms with E-state index in [0.717, 1.165) is 11.3 Å². The molecule has 8 nitrogen and oxygen atoms in total. The Balaban J connectivity index is 1.45. The van der Waals surface area contributed by atoms with Crippen LogP contribution in [0.15, 0.2) is 66.9 Å². The Bertz CT molecular complexity index is 1220. The van der Waals surface area contributed by atoms with Crippen LogP contribution in [-0.4, -0.2) is 77.8 Å². The van der Waals surface area contributed by atoms with Crippen molar-refractivity contribution in [1.82, 2.24) is 14.8 Å². The van der Waals surface area contributed by atoms with Crippen LogP contribution in [0.4, 0.5) is 14.9 Å². The Labute approximate surface area is 215 Å². The van der Waals surface area contributed by atoms with Gasteiger partial charge in [0, 0.05) is 63.3 Å². The number of anilines is 1. The average molecular weight is 507 g/mol. The van der Waals surface area contributed by atoms with Crippen LogP contribution in [0.5, 0.6) is 0 Å². The monoisotopic (exact) mass is 506 g/mol. The van der Waals surface area contributed by atoms with Gasteiger partial charge in [0.1, 0.15) is 5.82 Å². The first kappa shape index (κ1) is 26.2. The molecule has 2 amide bonds. The zero-order valence-electron chi connectivity index (χ0n) is 21.0. The number of rotatable bonds is 8. The van der Waals surface area contributed by atoms with E-state index in [1.165, 1.54) is 23.2 Å². The van der Waals surface area contributed by atoms with Crippen molar-refractivity contribution in [2.24, 2.45) is 0 Å². The van der Waals surface area contributed by atoms with Gasteiger partial charge in [-0.2, -0.15) is 0 Å². The Hall–Kier alpha value is -3.82. The first-order valence-corrected chi connectivity index (χ1v) is 12.2. The minimum absolute atomic E-state index is 0.0615. The van der Waals surface area contributed by atoms with E-state index in [2.05, 4.69) is 9.88 Å². The highest BCUT2D eigenvalue weighted by Gasteiger charge is 2.27. The average Bonchev–Trinajstić information content (AvgIpc) is 2.89. The van der Waals surface area contributed by atoms with Crippen LogP contribution < -0.4 is 4.90 Å². The number of hydrogen-bond acceptors (Lipinski definition) is 5. The van der Waals surface area contributed by atoms with Crippen LogP contribution >= 0.6 is 0 Å². The second-order valence-corrected chi connectivity index (χ2v) is 9.12. The third-order valence-corrected chi connectivity index (χ3v) is 6.51. The summed E-state index contributed by atoms with van der Waals surface area (Å²) in [7, 11) is 1.59. The van der Waals surface area contributed by atoms with Gasteiger partial charge in [-0.25, -0.2) is 9.18 Å². The van der Waals surface area contributed by atoms with Gasteiger partial charge in [0.2, 0.25) is 0 Å². The molecule has 0 radical (unpaired) electrons. The number of nitrogens with zero attached hydrogens (tertiary/aromatic N) is 4. The first-order chi connectivity index (χ1) is 17.9. The smallest absolute Gasteiger partial charge is 0.407 e. The number of piperazine rings is 1. The minimum atomic E-state index is -0.879. The molecule has 2 heterocycles. The third kappa shape index (κ3) is 6.49. The van der Waals surface area contributed by atoms with Crippen LogP contribution in [0.2, 0.25) is 0 Å². The fourth-order valence-electron chi connectivity index (χ4n) is 4.53. The van der Waals surface area contributed by atoms with Crippen LogP contribution in [-0.2, 0) is 11.3 Å². The number of halogens is 1. The summed E-state index contributed by atoms with van der Waals surface area (Å²) in [5.74, 6) is -0.549. The Morgan fingerprint density at radius 3 is 2.54 bits per heavy atom. The first-order valence-electron chi connectivity index (χ1n) is 12.2. The largest absolute Gasteiger partial charge is 0.465 e. The molecule has 194 valence electrons. The number of aromatic nitrogens is 1. The zero-order valence-corrected chi connectivity index (χ0v) is 21.0. The van der Waals surface area contributed by atoms with Crippen molar-refractivity contribution in [2.75, 3.05) is 44.8 Å². The topological polar surface area (TPSA) is 86.2 Å². The lowest BCUT2D eigenvalue weighted by molar-refractivity contribution is 0.0711. The summed E-state index contributed by atoms with van der Waals surface area (Å²) in [6.07, 6.45) is 0.630. The standard InChI is InChI=1S/C28H31FN4O4/c1-20-18-31(12-13-32(20)28(35)36)19-21-6-9-25(10-7-21)33(14-15-37-2)27(34)23-8-11-26(30-17-23)22-4-3-5-24(29)16-22/h3-11,16-17,20H,12-15,18-19H2,1-2H3,(H,35,36)/t20-/m0/s1. The highest BCUT2D eigenvalue weighted by Crippen LogP contribution is 2.22. The number of pyridine rings is 1. The van der Waals surface area contributed by atoms with Gasteiger partial charge in [0.15, 0.2) is 0 Å². The quantitative estimate of drug-likeness (QED) is 0.489. The molecule has 1 saturated heterocycles. The van der Waals surface area contributed by atoms with E-state index in [-0.39, 0.29) is 17.8 Å². The normalized spacial score (nSPS) is 16.0. The summed E-state index contributed by atoms with van der Waals surface area (Å²) >= 11 is 0. The number of carboxylic acid groups (broad SMARTS) is 1. The maximum absolute atomic E-state index is 13.6. The Morgan fingerprint density at radius 1 is 1.14 bits per heavy atom. The summed E-state index contributed by atoms with van der Waals surface area (Å²) in [6, 6.07) is 17.3. The van der Waals surface area contributed by atoms with Crippen molar-refractivity contribution in [1.29, 1.82) is 0 Å². The van der Waals surface area contributed by atoms with E-state index in [4.69, 9.17) is 4.74 Å². The maximum atomic E-state index is 13.6. The van der Waals surface area contributed by atoms with E-state index in [1.807, 2.05) is 31.2 Å². The summed E-state index contributed by atoms with van der Waals surface area (Å²) in [5.41, 5.74) is 3.47.